The lowest BCUT2D eigenvalue weighted by molar-refractivity contribution is 0.448. The first-order valence-electron chi connectivity index (χ1n) is 8.70. The second-order valence-electron chi connectivity index (χ2n) is 5.76. The van der Waals surface area contributed by atoms with Crippen LogP contribution < -0.4 is 16.0 Å². The van der Waals surface area contributed by atoms with Gasteiger partial charge in [0, 0.05) is 50.3 Å². The highest BCUT2D eigenvalue weighted by Crippen LogP contribution is 2.18. The minimum Gasteiger partial charge on any atom is -0.388 e. The van der Waals surface area contributed by atoms with Gasteiger partial charge >= 0.3 is 0 Å². The highest BCUT2D eigenvalue weighted by Gasteiger charge is 2.08. The lowest BCUT2D eigenvalue weighted by Gasteiger charge is -2.00. The molecule has 3 rings (SSSR count). The SMILES string of the molecule is CNc1cc(F)c(F)c(F)c1.CNc1ccc(F)c(Cl)c1.CNc1ccc(F)c(F)c1. The number of hydrogen-bond donors (Lipinski definition) is 3. The molecule has 168 valence electrons. The first-order chi connectivity index (χ1) is 14.6. The van der Waals surface area contributed by atoms with Gasteiger partial charge in [0.05, 0.1) is 5.02 Å². The molecule has 0 atom stereocenters. The Kier molecular flexibility index (Phi) is 10.5. The summed E-state index contributed by atoms with van der Waals surface area (Å²) in [7, 11) is 4.89. The summed E-state index contributed by atoms with van der Waals surface area (Å²) in [5.41, 5.74) is 1.59. The fourth-order valence-corrected chi connectivity index (χ4v) is 2.18. The Hall–Kier alpha value is -3.07. The molecule has 3 N–H and O–H groups in total. The number of hydrogen-bond acceptors (Lipinski definition) is 3. The van der Waals surface area contributed by atoms with Gasteiger partial charge in [0.25, 0.3) is 0 Å². The lowest BCUT2D eigenvalue weighted by Crippen LogP contribution is -1.95. The highest BCUT2D eigenvalue weighted by atomic mass is 35.5. The van der Waals surface area contributed by atoms with Gasteiger partial charge < -0.3 is 16.0 Å². The molecule has 3 nitrogen and oxygen atoms in total. The third-order valence-corrected chi connectivity index (χ3v) is 3.98. The number of halogens is 7. The molecule has 10 heteroatoms. The normalized spacial score (nSPS) is 9.61. The van der Waals surface area contributed by atoms with Gasteiger partial charge in [-0.3, -0.25) is 0 Å². The molecular formula is C21H20ClF6N3. The Labute approximate surface area is 181 Å². The molecule has 0 radical (unpaired) electrons. The molecule has 0 heterocycles. The molecule has 0 saturated carbocycles. The summed E-state index contributed by atoms with van der Waals surface area (Å²) in [6.07, 6.45) is 0. The van der Waals surface area contributed by atoms with E-state index in [1.807, 2.05) is 0 Å². The van der Waals surface area contributed by atoms with Crippen molar-refractivity contribution in [3.8, 4) is 0 Å². The number of nitrogens with one attached hydrogen (secondary N) is 3. The van der Waals surface area contributed by atoms with Crippen LogP contribution >= 0.6 is 11.6 Å². The van der Waals surface area contributed by atoms with E-state index in [0.29, 0.717) is 5.69 Å². The summed E-state index contributed by atoms with van der Waals surface area (Å²) in [4.78, 5) is 0. The van der Waals surface area contributed by atoms with Crippen LogP contribution in [0.5, 0.6) is 0 Å². The number of anilines is 3. The molecule has 0 aliphatic heterocycles. The summed E-state index contributed by atoms with van der Waals surface area (Å²) in [5.74, 6) is -5.85. The number of rotatable bonds is 3. The van der Waals surface area contributed by atoms with E-state index in [9.17, 15) is 26.3 Å². The zero-order valence-corrected chi connectivity index (χ0v) is 17.5. The zero-order valence-electron chi connectivity index (χ0n) is 16.8. The van der Waals surface area contributed by atoms with Gasteiger partial charge in [0.15, 0.2) is 29.1 Å². The molecule has 31 heavy (non-hydrogen) atoms. The standard InChI is InChI=1S/C7H7ClFN.C7H6F3N.C7H7F2N/c1-10-5-2-3-7(9)6(8)4-5;1-11-4-2-5(8)7(10)6(9)3-4;1-10-5-2-3-6(8)7(9)4-5/h2-4,10H,1H3;2-3,11H,1H3;2-4,10H,1H3. The minimum atomic E-state index is -1.44. The van der Waals surface area contributed by atoms with Crippen LogP contribution in [0, 0.1) is 34.9 Å². The molecule has 0 saturated heterocycles. The van der Waals surface area contributed by atoms with Crippen LogP contribution in [0.2, 0.25) is 5.02 Å². The molecule has 3 aromatic carbocycles. The topological polar surface area (TPSA) is 36.1 Å². The predicted octanol–water partition coefficient (Wildman–Crippen LogP) is 6.67. The highest BCUT2D eigenvalue weighted by molar-refractivity contribution is 6.31. The van der Waals surface area contributed by atoms with E-state index in [-0.39, 0.29) is 16.5 Å². The molecule has 0 bridgehead atoms. The predicted molar refractivity (Wildman–Crippen MR) is 113 cm³/mol. The third kappa shape index (κ3) is 8.29. The Bertz CT molecular complexity index is 926. The fraction of sp³-hybridized carbons (Fsp3) is 0.143. The van der Waals surface area contributed by atoms with E-state index in [1.165, 1.54) is 25.2 Å². The second-order valence-corrected chi connectivity index (χ2v) is 6.17. The van der Waals surface area contributed by atoms with Crippen LogP contribution in [0.3, 0.4) is 0 Å². The molecule has 0 aliphatic carbocycles. The van der Waals surface area contributed by atoms with Crippen LogP contribution in [0.4, 0.5) is 43.4 Å². The molecular weight excluding hydrogens is 444 g/mol. The summed E-state index contributed by atoms with van der Waals surface area (Å²) in [6.45, 7) is 0. The Morgan fingerprint density at radius 2 is 0.935 bits per heavy atom. The maximum atomic E-state index is 12.5. The van der Waals surface area contributed by atoms with E-state index in [1.54, 1.807) is 20.2 Å². The minimum absolute atomic E-state index is 0.145. The summed E-state index contributed by atoms with van der Waals surface area (Å²) in [5, 5.41) is 8.17. The van der Waals surface area contributed by atoms with Gasteiger partial charge in [0.2, 0.25) is 0 Å². The average molecular weight is 464 g/mol. The van der Waals surface area contributed by atoms with Gasteiger partial charge in [-0.25, -0.2) is 26.3 Å². The van der Waals surface area contributed by atoms with Gasteiger partial charge in [-0.1, -0.05) is 11.6 Å². The van der Waals surface area contributed by atoms with Gasteiger partial charge in [0.1, 0.15) is 5.82 Å². The quantitative estimate of drug-likeness (QED) is 0.300. The van der Waals surface area contributed by atoms with Crippen LogP contribution in [-0.4, -0.2) is 21.1 Å². The van der Waals surface area contributed by atoms with Crippen LogP contribution in [0.1, 0.15) is 0 Å². The van der Waals surface area contributed by atoms with E-state index < -0.39 is 29.1 Å². The molecule has 0 unspecified atom stereocenters. The monoisotopic (exact) mass is 463 g/mol. The van der Waals surface area contributed by atoms with Crippen molar-refractivity contribution in [2.45, 2.75) is 0 Å². The fourth-order valence-electron chi connectivity index (χ4n) is 2.00. The maximum Gasteiger partial charge on any atom is 0.194 e. The molecule has 0 amide bonds. The van der Waals surface area contributed by atoms with Crippen molar-refractivity contribution in [1.82, 2.24) is 0 Å². The van der Waals surface area contributed by atoms with Crippen molar-refractivity contribution < 1.29 is 26.3 Å². The summed E-state index contributed by atoms with van der Waals surface area (Å²) < 4.78 is 74.1. The third-order valence-electron chi connectivity index (χ3n) is 3.69. The van der Waals surface area contributed by atoms with Gasteiger partial charge in [-0.2, -0.15) is 0 Å². The first kappa shape index (κ1) is 26.0. The van der Waals surface area contributed by atoms with Crippen molar-refractivity contribution >= 4 is 28.7 Å². The van der Waals surface area contributed by atoms with Crippen molar-refractivity contribution in [3.05, 3.63) is 88.5 Å². The Balaban J connectivity index is 0.000000233. The smallest absolute Gasteiger partial charge is 0.194 e. The summed E-state index contributed by atoms with van der Waals surface area (Å²) >= 11 is 5.48. The molecule has 3 aromatic rings. The molecule has 0 aromatic heterocycles. The number of benzene rings is 3. The molecule has 0 spiro atoms. The zero-order chi connectivity index (χ0) is 23.6. The van der Waals surface area contributed by atoms with Crippen molar-refractivity contribution in [1.29, 1.82) is 0 Å². The second kappa shape index (κ2) is 12.6. The van der Waals surface area contributed by atoms with Gasteiger partial charge in [-0.15, -0.1) is 0 Å². The molecule has 0 fully saturated rings. The molecule has 0 aliphatic rings. The first-order valence-corrected chi connectivity index (χ1v) is 9.08. The summed E-state index contributed by atoms with van der Waals surface area (Å²) in [6, 6.07) is 9.93. The van der Waals surface area contributed by atoms with Crippen LogP contribution in [-0.2, 0) is 0 Å². The lowest BCUT2D eigenvalue weighted by atomic mass is 10.3. The van der Waals surface area contributed by atoms with E-state index >= 15 is 0 Å². The Morgan fingerprint density at radius 1 is 0.516 bits per heavy atom. The van der Waals surface area contributed by atoms with E-state index in [4.69, 9.17) is 11.6 Å². The average Bonchev–Trinajstić information content (AvgIpc) is 2.76. The van der Waals surface area contributed by atoms with Crippen molar-refractivity contribution in [3.63, 3.8) is 0 Å². The van der Waals surface area contributed by atoms with Gasteiger partial charge in [-0.05, 0) is 36.4 Å². The van der Waals surface area contributed by atoms with Crippen LogP contribution in [0.25, 0.3) is 0 Å². The van der Waals surface area contributed by atoms with E-state index in [0.717, 1.165) is 30.0 Å². The largest absolute Gasteiger partial charge is 0.388 e. The van der Waals surface area contributed by atoms with Crippen LogP contribution in [0.15, 0.2) is 48.5 Å². The van der Waals surface area contributed by atoms with Crippen molar-refractivity contribution in [2.75, 3.05) is 37.1 Å². The van der Waals surface area contributed by atoms with Crippen molar-refractivity contribution in [2.24, 2.45) is 0 Å². The maximum absolute atomic E-state index is 12.5. The Morgan fingerprint density at radius 3 is 1.35 bits per heavy atom. The van der Waals surface area contributed by atoms with E-state index in [2.05, 4.69) is 16.0 Å².